The van der Waals surface area contributed by atoms with Crippen molar-refractivity contribution in [2.45, 2.75) is 57.5 Å². The van der Waals surface area contributed by atoms with Gasteiger partial charge in [-0.05, 0) is 43.7 Å². The van der Waals surface area contributed by atoms with E-state index in [2.05, 4.69) is 38.3 Å². The van der Waals surface area contributed by atoms with Gasteiger partial charge in [0.05, 0.1) is 0 Å². The summed E-state index contributed by atoms with van der Waals surface area (Å²) < 4.78 is 5.98. The maximum Gasteiger partial charge on any atom is 0.333 e. The van der Waals surface area contributed by atoms with Crippen LogP contribution in [0.15, 0.2) is 43.0 Å². The van der Waals surface area contributed by atoms with Gasteiger partial charge in [-0.1, -0.05) is 56.8 Å². The van der Waals surface area contributed by atoms with E-state index >= 15 is 0 Å². The van der Waals surface area contributed by atoms with Crippen LogP contribution in [0.3, 0.4) is 0 Å². The second-order valence-corrected chi connectivity index (χ2v) is 6.22. The predicted octanol–water partition coefficient (Wildman–Crippen LogP) is 5.26. The molecule has 0 saturated heterocycles. The minimum atomic E-state index is -0.423. The SMILES string of the molecule is C=Cc1ccccc1C1CCCCC1(CC)OC(=O)C(=C)C. The van der Waals surface area contributed by atoms with Crippen molar-refractivity contribution in [1.82, 2.24) is 0 Å². The minimum Gasteiger partial charge on any atom is -0.455 e. The zero-order valence-corrected chi connectivity index (χ0v) is 13.7. The average Bonchev–Trinajstić information content (AvgIpc) is 2.55. The van der Waals surface area contributed by atoms with Crippen molar-refractivity contribution in [2.75, 3.05) is 0 Å². The Hall–Kier alpha value is -1.83. The molecule has 2 rings (SSSR count). The quantitative estimate of drug-likeness (QED) is 0.548. The smallest absolute Gasteiger partial charge is 0.333 e. The van der Waals surface area contributed by atoms with Crippen molar-refractivity contribution in [1.29, 1.82) is 0 Å². The van der Waals surface area contributed by atoms with Gasteiger partial charge in [0.25, 0.3) is 0 Å². The fourth-order valence-electron chi connectivity index (χ4n) is 3.55. The van der Waals surface area contributed by atoms with E-state index in [0.717, 1.165) is 31.2 Å². The normalized spacial score (nSPS) is 24.5. The van der Waals surface area contributed by atoms with Gasteiger partial charge in [0.1, 0.15) is 5.60 Å². The number of esters is 1. The van der Waals surface area contributed by atoms with Crippen LogP contribution in [0.5, 0.6) is 0 Å². The van der Waals surface area contributed by atoms with Crippen LogP contribution in [0.25, 0.3) is 6.08 Å². The molecular weight excluding hydrogens is 272 g/mol. The summed E-state index contributed by atoms with van der Waals surface area (Å²) in [5.74, 6) is -0.0476. The van der Waals surface area contributed by atoms with Crippen molar-refractivity contribution in [3.63, 3.8) is 0 Å². The highest BCUT2D eigenvalue weighted by Crippen LogP contribution is 2.46. The van der Waals surface area contributed by atoms with E-state index < -0.39 is 5.60 Å². The summed E-state index contributed by atoms with van der Waals surface area (Å²) in [6.45, 7) is 11.5. The second-order valence-electron chi connectivity index (χ2n) is 6.22. The highest BCUT2D eigenvalue weighted by molar-refractivity contribution is 5.87. The number of hydrogen-bond donors (Lipinski definition) is 0. The summed E-state index contributed by atoms with van der Waals surface area (Å²) >= 11 is 0. The Balaban J connectivity index is 2.43. The summed E-state index contributed by atoms with van der Waals surface area (Å²) in [7, 11) is 0. The largest absolute Gasteiger partial charge is 0.455 e. The number of hydrogen-bond acceptors (Lipinski definition) is 2. The van der Waals surface area contributed by atoms with Gasteiger partial charge < -0.3 is 4.74 Å². The van der Waals surface area contributed by atoms with Gasteiger partial charge in [-0.2, -0.15) is 0 Å². The number of benzene rings is 1. The van der Waals surface area contributed by atoms with Crippen LogP contribution in [-0.4, -0.2) is 11.6 Å². The highest BCUT2D eigenvalue weighted by Gasteiger charge is 2.44. The first-order valence-corrected chi connectivity index (χ1v) is 8.14. The third kappa shape index (κ3) is 3.16. The Labute approximate surface area is 133 Å². The molecule has 1 aromatic carbocycles. The molecule has 0 bridgehead atoms. The summed E-state index contributed by atoms with van der Waals surface area (Å²) in [4.78, 5) is 12.2. The first kappa shape index (κ1) is 16.5. The lowest BCUT2D eigenvalue weighted by atomic mass is 9.69. The molecule has 0 N–H and O–H groups in total. The van der Waals surface area contributed by atoms with Crippen molar-refractivity contribution in [3.8, 4) is 0 Å². The number of ether oxygens (including phenoxy) is 1. The van der Waals surface area contributed by atoms with Gasteiger partial charge in [-0.15, -0.1) is 0 Å². The van der Waals surface area contributed by atoms with Crippen molar-refractivity contribution < 1.29 is 9.53 Å². The molecular formula is C20H26O2. The molecule has 1 aliphatic rings. The number of rotatable bonds is 5. The number of carbonyl (C=O) groups excluding carboxylic acids is 1. The Morgan fingerprint density at radius 1 is 1.41 bits per heavy atom. The van der Waals surface area contributed by atoms with Gasteiger partial charge in [-0.3, -0.25) is 0 Å². The Morgan fingerprint density at radius 3 is 2.77 bits per heavy atom. The molecule has 0 aromatic heterocycles. The van der Waals surface area contributed by atoms with Crippen LogP contribution in [0.4, 0.5) is 0 Å². The van der Waals surface area contributed by atoms with Gasteiger partial charge in [0.2, 0.25) is 0 Å². The van der Waals surface area contributed by atoms with Crippen LogP contribution in [0.1, 0.15) is 63.0 Å². The lowest BCUT2D eigenvalue weighted by molar-refractivity contribution is -0.161. The molecule has 2 atom stereocenters. The molecule has 1 fully saturated rings. The van der Waals surface area contributed by atoms with E-state index in [9.17, 15) is 4.79 Å². The van der Waals surface area contributed by atoms with Gasteiger partial charge in [-0.25, -0.2) is 4.79 Å². The van der Waals surface area contributed by atoms with Crippen LogP contribution < -0.4 is 0 Å². The fourth-order valence-corrected chi connectivity index (χ4v) is 3.55. The van der Waals surface area contributed by atoms with E-state index in [0.29, 0.717) is 5.57 Å². The zero-order valence-electron chi connectivity index (χ0n) is 13.7. The van der Waals surface area contributed by atoms with E-state index in [1.165, 1.54) is 12.0 Å². The zero-order chi connectivity index (χ0) is 16.2. The average molecular weight is 298 g/mol. The molecule has 2 nitrogen and oxygen atoms in total. The maximum absolute atomic E-state index is 12.2. The van der Waals surface area contributed by atoms with Crippen LogP contribution in [0, 0.1) is 0 Å². The molecule has 2 heteroatoms. The van der Waals surface area contributed by atoms with E-state index in [4.69, 9.17) is 4.74 Å². The van der Waals surface area contributed by atoms with E-state index in [-0.39, 0.29) is 11.9 Å². The molecule has 1 saturated carbocycles. The van der Waals surface area contributed by atoms with Gasteiger partial charge >= 0.3 is 5.97 Å². The molecule has 0 radical (unpaired) electrons. The summed E-state index contributed by atoms with van der Waals surface area (Å²) in [6, 6.07) is 8.30. The van der Waals surface area contributed by atoms with Gasteiger partial charge in [0, 0.05) is 11.5 Å². The molecule has 118 valence electrons. The Bertz CT molecular complexity index is 573. The molecule has 0 spiro atoms. The van der Waals surface area contributed by atoms with Crippen LogP contribution in [-0.2, 0) is 9.53 Å². The first-order valence-electron chi connectivity index (χ1n) is 8.14. The standard InChI is InChI=1S/C20H26O2/c1-5-16-11-7-8-12-17(16)18-13-9-10-14-20(18,6-2)22-19(21)15(3)4/h5,7-8,11-12,18H,1,3,6,9-10,13-14H2,2,4H3. The number of carbonyl (C=O) groups is 1. The summed E-state index contributed by atoms with van der Waals surface area (Å²) in [5, 5.41) is 0. The Morgan fingerprint density at radius 2 is 2.14 bits per heavy atom. The lowest BCUT2D eigenvalue weighted by Gasteiger charge is -2.44. The third-order valence-electron chi connectivity index (χ3n) is 4.81. The topological polar surface area (TPSA) is 26.3 Å². The molecule has 0 heterocycles. The van der Waals surface area contributed by atoms with E-state index in [1.807, 2.05) is 12.1 Å². The predicted molar refractivity (Wildman–Crippen MR) is 91.7 cm³/mol. The Kier molecular flexibility index (Phi) is 5.23. The summed E-state index contributed by atoms with van der Waals surface area (Å²) in [6.07, 6.45) is 6.94. The van der Waals surface area contributed by atoms with Crippen LogP contribution in [0.2, 0.25) is 0 Å². The molecule has 1 aliphatic carbocycles. The van der Waals surface area contributed by atoms with Crippen LogP contribution >= 0.6 is 0 Å². The molecule has 2 unspecified atom stereocenters. The molecule has 1 aromatic rings. The van der Waals surface area contributed by atoms with Gasteiger partial charge in [0.15, 0.2) is 0 Å². The first-order chi connectivity index (χ1) is 10.5. The van der Waals surface area contributed by atoms with Crippen molar-refractivity contribution in [3.05, 3.63) is 54.1 Å². The second kappa shape index (κ2) is 6.95. The highest BCUT2D eigenvalue weighted by atomic mass is 16.6. The lowest BCUT2D eigenvalue weighted by Crippen LogP contribution is -2.43. The van der Waals surface area contributed by atoms with Crippen molar-refractivity contribution in [2.24, 2.45) is 0 Å². The molecule has 22 heavy (non-hydrogen) atoms. The maximum atomic E-state index is 12.2. The monoisotopic (exact) mass is 298 g/mol. The molecule has 0 aliphatic heterocycles. The van der Waals surface area contributed by atoms with Crippen molar-refractivity contribution >= 4 is 12.0 Å². The summed E-state index contributed by atoms with van der Waals surface area (Å²) in [5.41, 5.74) is 2.43. The molecule has 0 amide bonds. The fraction of sp³-hybridized carbons (Fsp3) is 0.450. The minimum absolute atomic E-state index is 0.226. The van der Waals surface area contributed by atoms with E-state index in [1.54, 1.807) is 6.92 Å². The third-order valence-corrected chi connectivity index (χ3v) is 4.81.